The molecule has 0 saturated carbocycles. The van der Waals surface area contributed by atoms with Crippen molar-refractivity contribution < 1.29 is 13.9 Å². The highest BCUT2D eigenvalue weighted by Gasteiger charge is 2.28. The van der Waals surface area contributed by atoms with Crippen molar-refractivity contribution in [2.24, 2.45) is 0 Å². The number of para-hydroxylation sites is 1. The van der Waals surface area contributed by atoms with Crippen LogP contribution in [0, 0.1) is 5.82 Å². The fourth-order valence-electron chi connectivity index (χ4n) is 2.76. The molecule has 24 heavy (non-hydrogen) atoms. The van der Waals surface area contributed by atoms with E-state index < -0.39 is 0 Å². The summed E-state index contributed by atoms with van der Waals surface area (Å²) in [6.45, 7) is 1.90. The number of halogens is 2. The molecule has 2 aromatic rings. The number of carbonyl (C=O) groups excluding carboxylic acids is 1. The van der Waals surface area contributed by atoms with E-state index in [1.54, 1.807) is 11.0 Å². The average Bonchev–Trinajstić information content (AvgIpc) is 2.60. The summed E-state index contributed by atoms with van der Waals surface area (Å²) in [5.74, 6) is 0.281. The van der Waals surface area contributed by atoms with Crippen LogP contribution in [0.1, 0.15) is 11.6 Å². The van der Waals surface area contributed by atoms with Gasteiger partial charge in [-0.2, -0.15) is 0 Å². The Kier molecular flexibility index (Phi) is 6.58. The quantitative estimate of drug-likeness (QED) is 0.922. The van der Waals surface area contributed by atoms with Crippen LogP contribution in [0.25, 0.3) is 0 Å². The van der Waals surface area contributed by atoms with Gasteiger partial charge in [-0.3, -0.25) is 4.79 Å². The first kappa shape index (κ1) is 18.2. The van der Waals surface area contributed by atoms with Gasteiger partial charge >= 0.3 is 0 Å². The minimum atomic E-state index is -0.291. The number of piperazine rings is 1. The highest BCUT2D eigenvalue weighted by atomic mass is 35.5. The standard InChI is InChI=1S/C18H19FN2O2.ClH/c19-15-6-4-5-14(11-15)17-12-20-9-10-21(17)18(22)13-23-16-7-2-1-3-8-16;/h1-8,11,17,20H,9-10,12-13H2;1H. The summed E-state index contributed by atoms with van der Waals surface area (Å²) >= 11 is 0. The maximum Gasteiger partial charge on any atom is 0.261 e. The number of rotatable bonds is 4. The number of ether oxygens (including phenoxy) is 1. The summed E-state index contributed by atoms with van der Waals surface area (Å²) in [5, 5.41) is 3.25. The maximum absolute atomic E-state index is 13.5. The SMILES string of the molecule is Cl.O=C(COc1ccccc1)N1CCNCC1c1cccc(F)c1. The van der Waals surface area contributed by atoms with Crippen molar-refractivity contribution in [1.82, 2.24) is 10.2 Å². The van der Waals surface area contributed by atoms with Crippen LogP contribution in [0.3, 0.4) is 0 Å². The summed E-state index contributed by atoms with van der Waals surface area (Å²) in [4.78, 5) is 14.3. The number of carbonyl (C=O) groups is 1. The fraction of sp³-hybridized carbons (Fsp3) is 0.278. The summed E-state index contributed by atoms with van der Waals surface area (Å²) in [6.07, 6.45) is 0. The van der Waals surface area contributed by atoms with Gasteiger partial charge in [-0.25, -0.2) is 4.39 Å². The molecule has 0 bridgehead atoms. The van der Waals surface area contributed by atoms with Gasteiger partial charge in [0, 0.05) is 19.6 Å². The highest BCUT2D eigenvalue weighted by Crippen LogP contribution is 2.23. The van der Waals surface area contributed by atoms with Crippen LogP contribution in [-0.4, -0.2) is 37.0 Å². The van der Waals surface area contributed by atoms with Crippen molar-refractivity contribution in [3.8, 4) is 5.75 Å². The molecule has 0 radical (unpaired) electrons. The Morgan fingerprint density at radius 3 is 2.75 bits per heavy atom. The molecule has 1 atom stereocenters. The van der Waals surface area contributed by atoms with E-state index in [-0.39, 0.29) is 36.8 Å². The van der Waals surface area contributed by atoms with Crippen LogP contribution in [-0.2, 0) is 4.79 Å². The third kappa shape index (κ3) is 4.46. The van der Waals surface area contributed by atoms with Gasteiger partial charge in [0.05, 0.1) is 6.04 Å². The van der Waals surface area contributed by atoms with Gasteiger partial charge < -0.3 is 15.0 Å². The van der Waals surface area contributed by atoms with Gasteiger partial charge in [0.1, 0.15) is 11.6 Å². The number of amides is 1. The highest BCUT2D eigenvalue weighted by molar-refractivity contribution is 5.85. The summed E-state index contributed by atoms with van der Waals surface area (Å²) in [6, 6.07) is 15.5. The number of nitrogens with one attached hydrogen (secondary N) is 1. The molecular formula is C18H20ClFN2O2. The van der Waals surface area contributed by atoms with E-state index in [0.29, 0.717) is 18.8 Å². The Morgan fingerprint density at radius 1 is 1.21 bits per heavy atom. The largest absolute Gasteiger partial charge is 0.484 e. The third-order valence-corrected chi connectivity index (χ3v) is 3.90. The molecule has 1 fully saturated rings. The first-order valence-electron chi connectivity index (χ1n) is 7.67. The molecule has 1 aliphatic rings. The molecule has 2 aromatic carbocycles. The zero-order chi connectivity index (χ0) is 16.1. The van der Waals surface area contributed by atoms with Crippen LogP contribution in [0.2, 0.25) is 0 Å². The molecule has 0 aliphatic carbocycles. The van der Waals surface area contributed by atoms with Crippen molar-refractivity contribution in [1.29, 1.82) is 0 Å². The number of benzene rings is 2. The van der Waals surface area contributed by atoms with E-state index in [1.807, 2.05) is 36.4 Å². The van der Waals surface area contributed by atoms with Gasteiger partial charge in [0.2, 0.25) is 0 Å². The molecule has 0 aromatic heterocycles. The number of nitrogens with zero attached hydrogens (tertiary/aromatic N) is 1. The van der Waals surface area contributed by atoms with Crippen molar-refractivity contribution in [2.75, 3.05) is 26.2 Å². The van der Waals surface area contributed by atoms with E-state index in [4.69, 9.17) is 4.74 Å². The minimum absolute atomic E-state index is 0. The predicted molar refractivity (Wildman–Crippen MR) is 92.9 cm³/mol. The van der Waals surface area contributed by atoms with Crippen molar-refractivity contribution in [3.63, 3.8) is 0 Å². The van der Waals surface area contributed by atoms with E-state index in [9.17, 15) is 9.18 Å². The molecule has 4 nitrogen and oxygen atoms in total. The predicted octanol–water partition coefficient (Wildman–Crippen LogP) is 2.80. The first-order chi connectivity index (χ1) is 11.2. The maximum atomic E-state index is 13.5. The van der Waals surface area contributed by atoms with Crippen molar-refractivity contribution in [2.45, 2.75) is 6.04 Å². The fourth-order valence-corrected chi connectivity index (χ4v) is 2.76. The minimum Gasteiger partial charge on any atom is -0.484 e. The Labute approximate surface area is 147 Å². The summed E-state index contributed by atoms with van der Waals surface area (Å²) in [7, 11) is 0. The normalized spacial score (nSPS) is 17.0. The molecule has 1 saturated heterocycles. The lowest BCUT2D eigenvalue weighted by atomic mass is 10.0. The van der Waals surface area contributed by atoms with Crippen molar-refractivity contribution >= 4 is 18.3 Å². The van der Waals surface area contributed by atoms with E-state index >= 15 is 0 Å². The van der Waals surface area contributed by atoms with Gasteiger partial charge in [-0.05, 0) is 29.8 Å². The van der Waals surface area contributed by atoms with Crippen LogP contribution in [0.4, 0.5) is 4.39 Å². The molecule has 1 aliphatic heterocycles. The molecule has 128 valence electrons. The van der Waals surface area contributed by atoms with E-state index in [0.717, 1.165) is 12.1 Å². The Hall–Kier alpha value is -2.11. The van der Waals surface area contributed by atoms with E-state index in [2.05, 4.69) is 5.32 Å². The van der Waals surface area contributed by atoms with Crippen molar-refractivity contribution in [3.05, 3.63) is 66.0 Å². The topological polar surface area (TPSA) is 41.6 Å². The number of hydrogen-bond acceptors (Lipinski definition) is 3. The lowest BCUT2D eigenvalue weighted by Gasteiger charge is -2.36. The van der Waals surface area contributed by atoms with Gasteiger partial charge in [0.25, 0.3) is 5.91 Å². The second-order valence-corrected chi connectivity index (χ2v) is 5.46. The van der Waals surface area contributed by atoms with Gasteiger partial charge in [-0.15, -0.1) is 12.4 Å². The van der Waals surface area contributed by atoms with Crippen LogP contribution in [0.15, 0.2) is 54.6 Å². The van der Waals surface area contributed by atoms with Gasteiger partial charge in [0.15, 0.2) is 6.61 Å². The zero-order valence-corrected chi connectivity index (χ0v) is 14.0. The molecule has 1 heterocycles. The van der Waals surface area contributed by atoms with E-state index in [1.165, 1.54) is 12.1 Å². The van der Waals surface area contributed by atoms with Crippen LogP contribution in [0.5, 0.6) is 5.75 Å². The Bertz CT molecular complexity index is 669. The van der Waals surface area contributed by atoms with Gasteiger partial charge in [-0.1, -0.05) is 30.3 Å². The molecule has 3 rings (SSSR count). The Morgan fingerprint density at radius 2 is 2.00 bits per heavy atom. The molecule has 0 spiro atoms. The summed E-state index contributed by atoms with van der Waals surface area (Å²) < 4.78 is 19.0. The molecule has 1 N–H and O–H groups in total. The molecule has 1 amide bonds. The smallest absolute Gasteiger partial charge is 0.261 e. The van der Waals surface area contributed by atoms with Crippen LogP contribution < -0.4 is 10.1 Å². The molecular weight excluding hydrogens is 331 g/mol. The Balaban J connectivity index is 0.00000208. The lowest BCUT2D eigenvalue weighted by molar-refractivity contribution is -0.136. The zero-order valence-electron chi connectivity index (χ0n) is 13.2. The first-order valence-corrected chi connectivity index (χ1v) is 7.67. The monoisotopic (exact) mass is 350 g/mol. The lowest BCUT2D eigenvalue weighted by Crippen LogP contribution is -2.50. The second-order valence-electron chi connectivity index (χ2n) is 5.46. The number of hydrogen-bond donors (Lipinski definition) is 1. The summed E-state index contributed by atoms with van der Waals surface area (Å²) in [5.41, 5.74) is 0.797. The average molecular weight is 351 g/mol. The molecule has 6 heteroatoms. The third-order valence-electron chi connectivity index (χ3n) is 3.90. The van der Waals surface area contributed by atoms with Crippen LogP contribution >= 0.6 is 12.4 Å². The second kappa shape index (κ2) is 8.66. The molecule has 1 unspecified atom stereocenters.